The van der Waals surface area contributed by atoms with Crippen LogP contribution in [0.5, 0.6) is 0 Å². The van der Waals surface area contributed by atoms with Gasteiger partial charge in [0, 0.05) is 44.5 Å². The second kappa shape index (κ2) is 10.3. The number of benzene rings is 1. The molecule has 1 amide bonds. The zero-order valence-corrected chi connectivity index (χ0v) is 18.7. The molecule has 1 fully saturated rings. The van der Waals surface area contributed by atoms with Crippen LogP contribution in [0.25, 0.3) is 0 Å². The number of nitrogens with one attached hydrogen (secondary N) is 1. The van der Waals surface area contributed by atoms with Crippen LogP contribution < -0.4 is 5.32 Å². The minimum atomic E-state index is -3.04. The molecule has 146 valence electrons. The predicted molar refractivity (Wildman–Crippen MR) is 115 cm³/mol. The van der Waals surface area contributed by atoms with Crippen molar-refractivity contribution in [1.29, 1.82) is 0 Å². The second-order valence-electron chi connectivity index (χ2n) is 5.97. The average molecular weight is 515 g/mol. The summed E-state index contributed by atoms with van der Waals surface area (Å²) < 4.78 is 22.4. The van der Waals surface area contributed by atoms with Crippen molar-refractivity contribution in [3.8, 4) is 0 Å². The zero-order valence-electron chi connectivity index (χ0n) is 14.8. The largest absolute Gasteiger partial charge is 0.355 e. The highest BCUT2D eigenvalue weighted by Gasteiger charge is 2.25. The van der Waals surface area contributed by atoms with Crippen molar-refractivity contribution in [3.05, 3.63) is 34.9 Å². The normalized spacial score (nSPS) is 15.7. The van der Waals surface area contributed by atoms with Crippen LogP contribution in [0, 0.1) is 0 Å². The van der Waals surface area contributed by atoms with E-state index in [2.05, 4.69) is 10.3 Å². The highest BCUT2D eigenvalue weighted by molar-refractivity contribution is 14.0. The molecule has 0 unspecified atom stereocenters. The number of amides is 1. The summed E-state index contributed by atoms with van der Waals surface area (Å²) in [6.45, 7) is 2.24. The van der Waals surface area contributed by atoms with Crippen molar-refractivity contribution in [2.75, 3.05) is 45.2 Å². The third-order valence-corrected chi connectivity index (χ3v) is 5.07. The molecule has 0 spiro atoms. The number of hydrogen-bond donors (Lipinski definition) is 1. The molecule has 1 aliphatic rings. The van der Waals surface area contributed by atoms with E-state index < -0.39 is 9.84 Å². The molecule has 0 aliphatic carbocycles. The fraction of sp³-hybridized carbons (Fsp3) is 0.500. The summed E-state index contributed by atoms with van der Waals surface area (Å²) in [5.74, 6) is 0.576. The van der Waals surface area contributed by atoms with Crippen LogP contribution in [0.3, 0.4) is 0 Å². The molecule has 1 saturated heterocycles. The van der Waals surface area contributed by atoms with Crippen LogP contribution in [-0.4, -0.2) is 75.3 Å². The Hall–Kier alpha value is -1.07. The number of carbonyl (C=O) groups is 1. The lowest BCUT2D eigenvalue weighted by atomic mass is 10.2. The number of nitrogens with zero attached hydrogens (tertiary/aromatic N) is 3. The highest BCUT2D eigenvalue weighted by Crippen LogP contribution is 2.13. The van der Waals surface area contributed by atoms with Crippen molar-refractivity contribution < 1.29 is 13.2 Å². The van der Waals surface area contributed by atoms with Gasteiger partial charge in [0.1, 0.15) is 9.84 Å². The molecule has 1 aliphatic heterocycles. The molecule has 0 bridgehead atoms. The summed E-state index contributed by atoms with van der Waals surface area (Å²) in [4.78, 5) is 20.2. The number of hydrogen-bond acceptors (Lipinski definition) is 4. The van der Waals surface area contributed by atoms with Crippen molar-refractivity contribution in [3.63, 3.8) is 0 Å². The van der Waals surface area contributed by atoms with Gasteiger partial charge in [0.15, 0.2) is 5.96 Å². The van der Waals surface area contributed by atoms with E-state index in [1.807, 2.05) is 29.2 Å². The summed E-state index contributed by atoms with van der Waals surface area (Å²) in [6.07, 6.45) is 1.19. The van der Waals surface area contributed by atoms with Crippen LogP contribution >= 0.6 is 35.6 Å². The van der Waals surface area contributed by atoms with Gasteiger partial charge in [-0.2, -0.15) is 0 Å². The van der Waals surface area contributed by atoms with Gasteiger partial charge in [-0.3, -0.25) is 9.79 Å². The van der Waals surface area contributed by atoms with Crippen molar-refractivity contribution in [2.45, 2.75) is 6.54 Å². The van der Waals surface area contributed by atoms with E-state index in [4.69, 9.17) is 11.6 Å². The lowest BCUT2D eigenvalue weighted by Gasteiger charge is -2.36. The molecule has 1 aromatic rings. The molecule has 1 aromatic carbocycles. The molecule has 0 saturated carbocycles. The van der Waals surface area contributed by atoms with Gasteiger partial charge in [-0.1, -0.05) is 23.7 Å². The lowest BCUT2D eigenvalue weighted by molar-refractivity contribution is -0.135. The Morgan fingerprint density at radius 1 is 1.27 bits per heavy atom. The van der Waals surface area contributed by atoms with Crippen LogP contribution in [-0.2, 0) is 21.2 Å². The maximum atomic E-state index is 12.4. The Labute approximate surface area is 176 Å². The SMILES string of the molecule is CN=C(NCCS(C)(=O)=O)N1CCN(Cc2ccc(Cl)cc2)C(=O)C1.I. The van der Waals surface area contributed by atoms with E-state index in [0.717, 1.165) is 5.56 Å². The van der Waals surface area contributed by atoms with Crippen LogP contribution in [0.4, 0.5) is 0 Å². The summed E-state index contributed by atoms with van der Waals surface area (Å²) in [6, 6.07) is 7.44. The van der Waals surface area contributed by atoms with E-state index in [9.17, 15) is 13.2 Å². The first-order valence-corrected chi connectivity index (χ1v) is 10.4. The third-order valence-electron chi connectivity index (χ3n) is 3.87. The molecule has 10 heteroatoms. The highest BCUT2D eigenvalue weighted by atomic mass is 127. The number of aliphatic imine (C=N–C) groups is 1. The van der Waals surface area contributed by atoms with Crippen molar-refractivity contribution >= 4 is 57.3 Å². The third kappa shape index (κ3) is 7.28. The van der Waals surface area contributed by atoms with Gasteiger partial charge < -0.3 is 15.1 Å². The second-order valence-corrected chi connectivity index (χ2v) is 8.66. The monoisotopic (exact) mass is 514 g/mol. The molecule has 0 atom stereocenters. The van der Waals surface area contributed by atoms with E-state index in [1.54, 1.807) is 11.9 Å². The maximum absolute atomic E-state index is 12.4. The summed E-state index contributed by atoms with van der Waals surface area (Å²) >= 11 is 5.88. The number of rotatable bonds is 5. The molecule has 26 heavy (non-hydrogen) atoms. The molecular formula is C16H24ClIN4O3S. The van der Waals surface area contributed by atoms with Crippen molar-refractivity contribution in [1.82, 2.24) is 15.1 Å². The van der Waals surface area contributed by atoms with E-state index in [0.29, 0.717) is 30.6 Å². The molecule has 1 heterocycles. The summed E-state index contributed by atoms with van der Waals surface area (Å²) in [5.41, 5.74) is 1.03. The smallest absolute Gasteiger partial charge is 0.242 e. The van der Waals surface area contributed by atoms with Gasteiger partial charge in [0.05, 0.1) is 12.3 Å². The summed E-state index contributed by atoms with van der Waals surface area (Å²) in [7, 11) is -1.42. The fourth-order valence-corrected chi connectivity index (χ4v) is 3.15. The number of piperazine rings is 1. The molecule has 0 aromatic heterocycles. The first kappa shape index (κ1) is 23.0. The molecule has 7 nitrogen and oxygen atoms in total. The Morgan fingerprint density at radius 3 is 2.46 bits per heavy atom. The average Bonchev–Trinajstić information content (AvgIpc) is 2.54. The van der Waals surface area contributed by atoms with E-state index >= 15 is 0 Å². The number of carbonyl (C=O) groups excluding carboxylic acids is 1. The zero-order chi connectivity index (χ0) is 18.4. The van der Waals surface area contributed by atoms with Crippen molar-refractivity contribution in [2.24, 2.45) is 4.99 Å². The quantitative estimate of drug-likeness (QED) is 0.363. The van der Waals surface area contributed by atoms with Gasteiger partial charge >= 0.3 is 0 Å². The number of sulfone groups is 1. The molecular weight excluding hydrogens is 491 g/mol. The standard InChI is InChI=1S/C16H23ClN4O3S.HI/c1-18-16(19-7-10-25(2,23)24)21-9-8-20(15(22)12-21)11-13-3-5-14(17)6-4-13;/h3-6H,7-12H2,1-2H3,(H,18,19);1H. The van der Waals surface area contributed by atoms with Crippen LogP contribution in [0.15, 0.2) is 29.3 Å². The molecule has 0 radical (unpaired) electrons. The lowest BCUT2D eigenvalue weighted by Crippen LogP contribution is -2.55. The minimum absolute atomic E-state index is 0. The van der Waals surface area contributed by atoms with Gasteiger partial charge in [-0.25, -0.2) is 8.42 Å². The topological polar surface area (TPSA) is 82.1 Å². The Kier molecular flexibility index (Phi) is 9.11. The summed E-state index contributed by atoms with van der Waals surface area (Å²) in [5, 5.41) is 3.67. The number of guanidine groups is 1. The minimum Gasteiger partial charge on any atom is -0.355 e. The Morgan fingerprint density at radius 2 is 1.92 bits per heavy atom. The van der Waals surface area contributed by atoms with Gasteiger partial charge in [0.2, 0.25) is 5.91 Å². The molecule has 1 N–H and O–H groups in total. The van der Waals surface area contributed by atoms with Gasteiger partial charge in [0.25, 0.3) is 0 Å². The van der Waals surface area contributed by atoms with Crippen LogP contribution in [0.2, 0.25) is 5.02 Å². The van der Waals surface area contributed by atoms with Crippen LogP contribution in [0.1, 0.15) is 5.56 Å². The predicted octanol–water partition coefficient (Wildman–Crippen LogP) is 1.22. The first-order valence-electron chi connectivity index (χ1n) is 7.94. The Bertz CT molecular complexity index is 740. The Balaban J connectivity index is 0.00000338. The first-order chi connectivity index (χ1) is 11.8. The fourth-order valence-electron chi connectivity index (χ4n) is 2.55. The molecule has 2 rings (SSSR count). The van der Waals surface area contributed by atoms with E-state index in [1.165, 1.54) is 6.26 Å². The van der Waals surface area contributed by atoms with Gasteiger partial charge in [-0.05, 0) is 17.7 Å². The van der Waals surface area contributed by atoms with Gasteiger partial charge in [-0.15, -0.1) is 24.0 Å². The maximum Gasteiger partial charge on any atom is 0.242 e. The number of halogens is 2. The van der Waals surface area contributed by atoms with E-state index in [-0.39, 0.29) is 48.7 Å².